The van der Waals surface area contributed by atoms with E-state index >= 15 is 0 Å². The Morgan fingerprint density at radius 2 is 2.21 bits per heavy atom. The second-order valence-electron chi connectivity index (χ2n) is 3.08. The monoisotopic (exact) mass is 197 g/mol. The molecule has 0 aromatic heterocycles. The number of hydrogen-bond donors (Lipinski definition) is 2. The third kappa shape index (κ3) is 2.81. The number of benzene rings is 1. The Kier molecular flexibility index (Phi) is 3.59. The van der Waals surface area contributed by atoms with Crippen LogP contribution in [0.4, 0.5) is 5.69 Å². The van der Waals surface area contributed by atoms with Crippen molar-refractivity contribution in [2.24, 2.45) is 0 Å². The molecule has 0 aliphatic heterocycles. The highest BCUT2D eigenvalue weighted by atomic mass is 16.5. The zero-order valence-electron chi connectivity index (χ0n) is 8.36. The van der Waals surface area contributed by atoms with E-state index in [-0.39, 0.29) is 11.9 Å². The first-order chi connectivity index (χ1) is 6.63. The van der Waals surface area contributed by atoms with Crippen LogP contribution in [0.5, 0.6) is 11.5 Å². The number of phenols is 1. The number of phenolic OH excluding ortho intramolecular Hbond substituents is 1. The van der Waals surface area contributed by atoms with Gasteiger partial charge in [-0.05, 0) is 19.1 Å². The lowest BCUT2D eigenvalue weighted by Crippen LogP contribution is -2.15. The fourth-order valence-electron chi connectivity index (χ4n) is 0.904. The van der Waals surface area contributed by atoms with E-state index in [0.717, 1.165) is 0 Å². The number of rotatable bonds is 4. The molecule has 3 N–H and O–H groups in total. The van der Waals surface area contributed by atoms with Crippen molar-refractivity contribution in [3.8, 4) is 11.5 Å². The summed E-state index contributed by atoms with van der Waals surface area (Å²) in [5, 5.41) is 9.16. The Bertz CT molecular complexity index is 301. The first-order valence-electron chi connectivity index (χ1n) is 4.37. The summed E-state index contributed by atoms with van der Waals surface area (Å²) in [5.74, 6) is 0.696. The maximum absolute atomic E-state index is 9.16. The maximum atomic E-state index is 9.16. The van der Waals surface area contributed by atoms with Gasteiger partial charge in [-0.2, -0.15) is 0 Å². The number of ether oxygens (including phenoxy) is 2. The molecule has 1 aromatic rings. The molecule has 78 valence electrons. The number of methoxy groups -OCH3 is 1. The smallest absolute Gasteiger partial charge is 0.138 e. The highest BCUT2D eigenvalue weighted by Gasteiger charge is 2.02. The molecule has 0 bridgehead atoms. The molecule has 0 saturated heterocycles. The third-order valence-corrected chi connectivity index (χ3v) is 1.89. The SMILES string of the molecule is COC(C)COc1ccc(O)c(N)c1. The van der Waals surface area contributed by atoms with Crippen molar-refractivity contribution in [3.05, 3.63) is 18.2 Å². The van der Waals surface area contributed by atoms with E-state index in [0.29, 0.717) is 18.0 Å². The van der Waals surface area contributed by atoms with Crippen LogP contribution in [0.15, 0.2) is 18.2 Å². The summed E-state index contributed by atoms with van der Waals surface area (Å²) in [6, 6.07) is 4.74. The number of nitrogens with two attached hydrogens (primary N) is 1. The van der Waals surface area contributed by atoms with Crippen molar-refractivity contribution in [2.45, 2.75) is 13.0 Å². The summed E-state index contributed by atoms with van der Waals surface area (Å²) in [4.78, 5) is 0. The zero-order chi connectivity index (χ0) is 10.6. The third-order valence-electron chi connectivity index (χ3n) is 1.89. The highest BCUT2D eigenvalue weighted by Crippen LogP contribution is 2.24. The topological polar surface area (TPSA) is 64.7 Å². The minimum atomic E-state index is 0.0324. The number of aromatic hydroxyl groups is 1. The van der Waals surface area contributed by atoms with Crippen LogP contribution in [0, 0.1) is 0 Å². The zero-order valence-corrected chi connectivity index (χ0v) is 8.36. The summed E-state index contributed by atoms with van der Waals surface area (Å²) in [6.07, 6.45) is 0.0324. The van der Waals surface area contributed by atoms with Gasteiger partial charge in [-0.25, -0.2) is 0 Å². The normalized spacial score (nSPS) is 12.4. The van der Waals surface area contributed by atoms with E-state index in [9.17, 15) is 0 Å². The molecule has 14 heavy (non-hydrogen) atoms. The summed E-state index contributed by atoms with van der Waals surface area (Å²) in [6.45, 7) is 2.37. The molecular formula is C10H15NO3. The van der Waals surface area contributed by atoms with Crippen molar-refractivity contribution in [1.82, 2.24) is 0 Å². The van der Waals surface area contributed by atoms with Gasteiger partial charge in [0.2, 0.25) is 0 Å². The lowest BCUT2D eigenvalue weighted by Gasteiger charge is -2.11. The molecule has 0 aliphatic carbocycles. The summed E-state index contributed by atoms with van der Waals surface area (Å²) < 4.78 is 10.4. The van der Waals surface area contributed by atoms with Gasteiger partial charge in [0, 0.05) is 13.2 Å². The molecule has 4 nitrogen and oxygen atoms in total. The average molecular weight is 197 g/mol. The Hall–Kier alpha value is -1.42. The molecule has 0 heterocycles. The van der Waals surface area contributed by atoms with Crippen LogP contribution in [0.2, 0.25) is 0 Å². The van der Waals surface area contributed by atoms with E-state index in [4.69, 9.17) is 20.3 Å². The molecule has 1 unspecified atom stereocenters. The lowest BCUT2D eigenvalue weighted by molar-refractivity contribution is 0.0717. The fourth-order valence-corrected chi connectivity index (χ4v) is 0.904. The van der Waals surface area contributed by atoms with Crippen molar-refractivity contribution in [2.75, 3.05) is 19.5 Å². The Morgan fingerprint density at radius 1 is 1.50 bits per heavy atom. The molecule has 0 amide bonds. The van der Waals surface area contributed by atoms with Crippen LogP contribution in [0.25, 0.3) is 0 Å². The Balaban J connectivity index is 2.55. The maximum Gasteiger partial charge on any atom is 0.138 e. The van der Waals surface area contributed by atoms with Crippen LogP contribution < -0.4 is 10.5 Å². The van der Waals surface area contributed by atoms with Gasteiger partial charge in [0.05, 0.1) is 11.8 Å². The minimum Gasteiger partial charge on any atom is -0.506 e. The number of anilines is 1. The standard InChI is InChI=1S/C10H15NO3/c1-7(13-2)6-14-8-3-4-10(12)9(11)5-8/h3-5,7,12H,6,11H2,1-2H3. The van der Waals surface area contributed by atoms with Gasteiger partial charge in [0.15, 0.2) is 0 Å². The average Bonchev–Trinajstić information content (AvgIpc) is 2.19. The minimum absolute atomic E-state index is 0.0324. The van der Waals surface area contributed by atoms with Crippen LogP contribution in [0.1, 0.15) is 6.92 Å². The molecule has 0 aliphatic rings. The van der Waals surface area contributed by atoms with Gasteiger partial charge < -0.3 is 20.3 Å². The van der Waals surface area contributed by atoms with Crippen LogP contribution in [-0.4, -0.2) is 24.9 Å². The predicted octanol–water partition coefficient (Wildman–Crippen LogP) is 1.39. The van der Waals surface area contributed by atoms with E-state index < -0.39 is 0 Å². The lowest BCUT2D eigenvalue weighted by atomic mass is 10.3. The Labute approximate surface area is 83.3 Å². The number of nitrogen functional groups attached to an aromatic ring is 1. The predicted molar refractivity (Wildman–Crippen MR) is 54.5 cm³/mol. The van der Waals surface area contributed by atoms with Crippen LogP contribution in [0.3, 0.4) is 0 Å². The van der Waals surface area contributed by atoms with Crippen LogP contribution in [-0.2, 0) is 4.74 Å². The van der Waals surface area contributed by atoms with Crippen molar-refractivity contribution in [3.63, 3.8) is 0 Å². The summed E-state index contributed by atoms with van der Waals surface area (Å²) in [5.41, 5.74) is 5.81. The van der Waals surface area contributed by atoms with E-state index in [1.807, 2.05) is 6.92 Å². The van der Waals surface area contributed by atoms with E-state index in [1.165, 1.54) is 6.07 Å². The molecule has 0 spiro atoms. The quantitative estimate of drug-likeness (QED) is 0.565. The molecular weight excluding hydrogens is 182 g/mol. The molecule has 1 atom stereocenters. The largest absolute Gasteiger partial charge is 0.506 e. The molecule has 0 saturated carbocycles. The molecule has 1 aromatic carbocycles. The summed E-state index contributed by atoms with van der Waals surface area (Å²) >= 11 is 0. The van der Waals surface area contributed by atoms with Crippen molar-refractivity contribution in [1.29, 1.82) is 0 Å². The Morgan fingerprint density at radius 3 is 2.79 bits per heavy atom. The van der Waals surface area contributed by atoms with E-state index in [1.54, 1.807) is 19.2 Å². The van der Waals surface area contributed by atoms with Gasteiger partial charge >= 0.3 is 0 Å². The van der Waals surface area contributed by atoms with Gasteiger partial charge in [-0.1, -0.05) is 0 Å². The fraction of sp³-hybridized carbons (Fsp3) is 0.400. The van der Waals surface area contributed by atoms with Crippen molar-refractivity contribution >= 4 is 5.69 Å². The van der Waals surface area contributed by atoms with E-state index in [2.05, 4.69) is 0 Å². The molecule has 1 rings (SSSR count). The molecule has 0 fully saturated rings. The van der Waals surface area contributed by atoms with Gasteiger partial charge in [0.25, 0.3) is 0 Å². The van der Waals surface area contributed by atoms with Gasteiger partial charge in [-0.15, -0.1) is 0 Å². The first kappa shape index (κ1) is 10.7. The highest BCUT2D eigenvalue weighted by molar-refractivity contribution is 5.55. The van der Waals surface area contributed by atoms with Gasteiger partial charge in [0.1, 0.15) is 18.1 Å². The second-order valence-corrected chi connectivity index (χ2v) is 3.08. The molecule has 4 heteroatoms. The van der Waals surface area contributed by atoms with Gasteiger partial charge in [-0.3, -0.25) is 0 Å². The van der Waals surface area contributed by atoms with Crippen LogP contribution >= 0.6 is 0 Å². The first-order valence-corrected chi connectivity index (χ1v) is 4.37. The molecule has 0 radical (unpaired) electrons. The summed E-state index contributed by atoms with van der Waals surface area (Å²) in [7, 11) is 1.62. The number of hydrogen-bond acceptors (Lipinski definition) is 4. The second kappa shape index (κ2) is 4.72. The van der Waals surface area contributed by atoms with Crippen molar-refractivity contribution < 1.29 is 14.6 Å².